The number of hydrogen-bond donors (Lipinski definition) is 1. The van der Waals surface area contributed by atoms with Crippen LogP contribution in [0.25, 0.3) is 0 Å². The number of rotatable bonds is 2. The van der Waals surface area contributed by atoms with Gasteiger partial charge in [-0.05, 0) is 17.7 Å². The molecule has 74 valence electrons. The van der Waals surface area contributed by atoms with Crippen molar-refractivity contribution < 1.29 is 8.78 Å². The fourth-order valence-corrected chi connectivity index (χ4v) is 0.950. The Kier molecular flexibility index (Phi) is 5.21. The van der Waals surface area contributed by atoms with E-state index in [-0.39, 0.29) is 17.4 Å². The van der Waals surface area contributed by atoms with Crippen molar-refractivity contribution in [3.63, 3.8) is 0 Å². The maximum Gasteiger partial charge on any atom is 0.142 e. The molecule has 1 rings (SSSR count). The molecule has 1 atom stereocenters. The smallest absolute Gasteiger partial charge is 0.142 e. The van der Waals surface area contributed by atoms with Gasteiger partial charge in [0, 0.05) is 0 Å². The van der Waals surface area contributed by atoms with E-state index in [2.05, 4.69) is 0 Å². The fourth-order valence-electron chi connectivity index (χ4n) is 0.832. The lowest BCUT2D eigenvalue weighted by Crippen LogP contribution is -2.12. The second kappa shape index (κ2) is 5.37. The largest absolute Gasteiger partial charge is 0.322 e. The van der Waals surface area contributed by atoms with E-state index in [1.165, 1.54) is 12.1 Å². The molecule has 0 saturated heterocycles. The molecule has 13 heavy (non-hydrogen) atoms. The van der Waals surface area contributed by atoms with Gasteiger partial charge in [0.25, 0.3) is 0 Å². The van der Waals surface area contributed by atoms with Crippen LogP contribution in [-0.4, -0.2) is 6.67 Å². The molecule has 0 aliphatic carbocycles. The van der Waals surface area contributed by atoms with Crippen LogP contribution in [0.15, 0.2) is 18.2 Å². The quantitative estimate of drug-likeness (QED) is 0.827. The van der Waals surface area contributed by atoms with Gasteiger partial charge in [0.15, 0.2) is 0 Å². The summed E-state index contributed by atoms with van der Waals surface area (Å²) in [6.07, 6.45) is 0. The van der Waals surface area contributed by atoms with E-state index in [0.717, 1.165) is 6.07 Å². The van der Waals surface area contributed by atoms with E-state index in [0.29, 0.717) is 5.56 Å². The summed E-state index contributed by atoms with van der Waals surface area (Å²) in [4.78, 5) is 0. The SMILES string of the molecule is Cl.N[C@@H](CF)c1ccc(Cl)c(F)c1. The van der Waals surface area contributed by atoms with Crippen LogP contribution >= 0.6 is 24.0 Å². The van der Waals surface area contributed by atoms with Crippen molar-refractivity contribution in [1.29, 1.82) is 0 Å². The molecule has 5 heteroatoms. The molecule has 0 unspecified atom stereocenters. The van der Waals surface area contributed by atoms with E-state index in [9.17, 15) is 8.78 Å². The molecule has 0 aliphatic heterocycles. The maximum absolute atomic E-state index is 12.8. The van der Waals surface area contributed by atoms with Crippen molar-refractivity contribution in [3.8, 4) is 0 Å². The normalized spacial score (nSPS) is 12.0. The molecule has 0 fully saturated rings. The van der Waals surface area contributed by atoms with Gasteiger partial charge in [-0.25, -0.2) is 8.78 Å². The standard InChI is InChI=1S/C8H8ClF2N.ClH/c9-6-2-1-5(3-7(6)11)8(12)4-10;/h1-3,8H,4,12H2;1H/t8-;/m0./s1. The minimum atomic E-state index is -0.767. The minimum absolute atomic E-state index is 0. The van der Waals surface area contributed by atoms with Crippen molar-refractivity contribution >= 4 is 24.0 Å². The number of nitrogens with two attached hydrogens (primary N) is 1. The topological polar surface area (TPSA) is 26.0 Å². The molecule has 1 nitrogen and oxygen atoms in total. The van der Waals surface area contributed by atoms with Gasteiger partial charge >= 0.3 is 0 Å². The lowest BCUT2D eigenvalue weighted by Gasteiger charge is -2.06. The molecule has 0 saturated carbocycles. The first-order chi connectivity index (χ1) is 5.65. The van der Waals surface area contributed by atoms with Crippen LogP contribution < -0.4 is 5.73 Å². The average Bonchev–Trinajstić information content (AvgIpc) is 2.08. The van der Waals surface area contributed by atoms with E-state index in [1.54, 1.807) is 0 Å². The van der Waals surface area contributed by atoms with Crippen LogP contribution in [0.2, 0.25) is 5.02 Å². The van der Waals surface area contributed by atoms with Gasteiger partial charge in [-0.1, -0.05) is 17.7 Å². The molecule has 0 heterocycles. The molecule has 1 aromatic rings. The van der Waals surface area contributed by atoms with Crippen molar-refractivity contribution in [2.24, 2.45) is 5.73 Å². The minimum Gasteiger partial charge on any atom is -0.322 e. The molecular weight excluding hydrogens is 219 g/mol. The van der Waals surface area contributed by atoms with Crippen LogP contribution in [0.3, 0.4) is 0 Å². The monoisotopic (exact) mass is 227 g/mol. The van der Waals surface area contributed by atoms with Crippen molar-refractivity contribution in [2.75, 3.05) is 6.67 Å². The summed E-state index contributed by atoms with van der Waals surface area (Å²) >= 11 is 5.42. The van der Waals surface area contributed by atoms with Crippen LogP contribution in [0.1, 0.15) is 11.6 Å². The Morgan fingerprint density at radius 2 is 2.08 bits per heavy atom. The number of benzene rings is 1. The van der Waals surface area contributed by atoms with Crippen LogP contribution in [0.5, 0.6) is 0 Å². The Hall–Kier alpha value is -0.380. The van der Waals surface area contributed by atoms with Crippen LogP contribution in [-0.2, 0) is 0 Å². The molecular formula is C8H9Cl2F2N. The maximum atomic E-state index is 12.8. The first-order valence-electron chi connectivity index (χ1n) is 3.41. The third-order valence-corrected chi connectivity index (χ3v) is 1.84. The summed E-state index contributed by atoms with van der Waals surface area (Å²) in [6.45, 7) is -0.707. The Morgan fingerprint density at radius 3 is 2.54 bits per heavy atom. The second-order valence-electron chi connectivity index (χ2n) is 2.43. The van der Waals surface area contributed by atoms with Crippen LogP contribution in [0.4, 0.5) is 8.78 Å². The Balaban J connectivity index is 0.00000144. The van der Waals surface area contributed by atoms with Gasteiger partial charge in [0.05, 0.1) is 11.1 Å². The van der Waals surface area contributed by atoms with E-state index in [1.807, 2.05) is 0 Å². The summed E-state index contributed by atoms with van der Waals surface area (Å²) in [6, 6.07) is 3.25. The third-order valence-electron chi connectivity index (χ3n) is 1.54. The summed E-state index contributed by atoms with van der Waals surface area (Å²) in [7, 11) is 0. The molecule has 0 aromatic heterocycles. The number of halogens is 4. The summed E-state index contributed by atoms with van der Waals surface area (Å²) < 4.78 is 24.8. The zero-order valence-electron chi connectivity index (χ0n) is 6.64. The van der Waals surface area contributed by atoms with Gasteiger partial charge in [0.1, 0.15) is 12.5 Å². The highest BCUT2D eigenvalue weighted by molar-refractivity contribution is 6.30. The third kappa shape index (κ3) is 3.10. The molecule has 0 spiro atoms. The van der Waals surface area contributed by atoms with Crippen molar-refractivity contribution in [2.45, 2.75) is 6.04 Å². The van der Waals surface area contributed by atoms with Gasteiger partial charge in [-0.3, -0.25) is 0 Å². The summed E-state index contributed by atoms with van der Waals surface area (Å²) in [5.74, 6) is -0.571. The fraction of sp³-hybridized carbons (Fsp3) is 0.250. The average molecular weight is 228 g/mol. The lowest BCUT2D eigenvalue weighted by atomic mass is 10.1. The van der Waals surface area contributed by atoms with Gasteiger partial charge in [-0.15, -0.1) is 12.4 Å². The summed E-state index contributed by atoms with van der Waals surface area (Å²) in [5, 5.41) is 0.0183. The molecule has 1 aromatic carbocycles. The zero-order valence-corrected chi connectivity index (χ0v) is 8.21. The van der Waals surface area contributed by atoms with Crippen LogP contribution in [0, 0.1) is 5.82 Å². The highest BCUT2D eigenvalue weighted by Gasteiger charge is 2.07. The first-order valence-corrected chi connectivity index (χ1v) is 3.79. The second-order valence-corrected chi connectivity index (χ2v) is 2.84. The summed E-state index contributed by atoms with van der Waals surface area (Å²) in [5.41, 5.74) is 5.74. The zero-order chi connectivity index (χ0) is 9.14. The molecule has 0 bridgehead atoms. The van der Waals surface area contributed by atoms with Gasteiger partial charge in [-0.2, -0.15) is 0 Å². The first kappa shape index (κ1) is 12.6. The predicted molar refractivity (Wildman–Crippen MR) is 51.6 cm³/mol. The molecule has 0 amide bonds. The van der Waals surface area contributed by atoms with Crippen molar-refractivity contribution in [3.05, 3.63) is 34.6 Å². The Morgan fingerprint density at radius 1 is 1.46 bits per heavy atom. The Labute approximate surface area is 86.3 Å². The van der Waals surface area contributed by atoms with E-state index < -0.39 is 18.5 Å². The van der Waals surface area contributed by atoms with E-state index >= 15 is 0 Å². The highest BCUT2D eigenvalue weighted by Crippen LogP contribution is 2.19. The lowest BCUT2D eigenvalue weighted by molar-refractivity contribution is 0.436. The van der Waals surface area contributed by atoms with Gasteiger partial charge < -0.3 is 5.73 Å². The van der Waals surface area contributed by atoms with E-state index in [4.69, 9.17) is 17.3 Å². The van der Waals surface area contributed by atoms with Crippen molar-refractivity contribution in [1.82, 2.24) is 0 Å². The highest BCUT2D eigenvalue weighted by atomic mass is 35.5. The molecule has 0 radical (unpaired) electrons. The number of hydrogen-bond acceptors (Lipinski definition) is 1. The van der Waals surface area contributed by atoms with Gasteiger partial charge in [0.2, 0.25) is 0 Å². The number of alkyl halides is 1. The molecule has 2 N–H and O–H groups in total. The Bertz CT molecular complexity index is 281. The predicted octanol–water partition coefficient (Wildman–Crippen LogP) is 2.87. The molecule has 0 aliphatic rings.